The predicted octanol–water partition coefficient (Wildman–Crippen LogP) is 7.34. The quantitative estimate of drug-likeness (QED) is 0.0939. The number of carbonyl (C=O) groups is 2. The Bertz CT molecular complexity index is 1810. The first-order valence-corrected chi connectivity index (χ1v) is 19.5. The zero-order valence-electron chi connectivity index (χ0n) is 31.0. The normalized spacial score (nSPS) is 20.0. The summed E-state index contributed by atoms with van der Waals surface area (Å²) in [6.07, 6.45) is 4.03. The highest BCUT2D eigenvalue weighted by Crippen LogP contribution is 2.40. The van der Waals surface area contributed by atoms with Crippen molar-refractivity contribution in [1.29, 1.82) is 0 Å². The number of piperidine rings is 1. The third-order valence-electron chi connectivity index (χ3n) is 10.6. The van der Waals surface area contributed by atoms with Crippen LogP contribution in [-0.4, -0.2) is 59.2 Å². The minimum absolute atomic E-state index is 0.0124. The molecule has 2 heterocycles. The number of hydrogen-bond donors (Lipinski definition) is 4. The van der Waals surface area contributed by atoms with Crippen LogP contribution in [-0.2, 0) is 37.8 Å². The highest BCUT2D eigenvalue weighted by atomic mass is 35.5. The smallest absolute Gasteiger partial charge is 0.220 e. The maximum Gasteiger partial charge on any atom is 0.220 e. The maximum absolute atomic E-state index is 12.6. The second-order valence-electron chi connectivity index (χ2n) is 14.5. The molecule has 0 bridgehead atoms. The minimum Gasteiger partial charge on any atom is -0.392 e. The first kappa shape index (κ1) is 39.6. The van der Waals surface area contributed by atoms with Crippen LogP contribution in [0, 0.1) is 0 Å². The van der Waals surface area contributed by atoms with E-state index in [1.807, 2.05) is 66.7 Å². The summed E-state index contributed by atoms with van der Waals surface area (Å²) >= 11 is 6.10. The lowest BCUT2D eigenvalue weighted by Crippen LogP contribution is -2.46. The Morgan fingerprint density at radius 1 is 0.852 bits per heavy atom. The maximum atomic E-state index is 12.6. The van der Waals surface area contributed by atoms with E-state index >= 15 is 0 Å². The Morgan fingerprint density at radius 3 is 2.26 bits per heavy atom. The number of ether oxygens (including phenoxy) is 2. The van der Waals surface area contributed by atoms with Crippen LogP contribution in [0.2, 0.25) is 5.02 Å². The SMILES string of the molecule is CC(=O)NCCCCCC(=O)NCc1ccccc1-c1ccc(C2OC(CN3CCC(O)(c4ccc(Cl)cc4)CC3)CC(c3ccc(CO)cc3)O2)cc1. The van der Waals surface area contributed by atoms with E-state index in [2.05, 4.69) is 45.9 Å². The lowest BCUT2D eigenvalue weighted by Gasteiger charge is -2.42. The zero-order valence-corrected chi connectivity index (χ0v) is 31.8. The number of amides is 2. The summed E-state index contributed by atoms with van der Waals surface area (Å²) in [4.78, 5) is 26.0. The number of benzene rings is 4. The van der Waals surface area contributed by atoms with E-state index in [1.165, 1.54) is 6.92 Å². The molecule has 2 saturated heterocycles. The number of aliphatic hydroxyl groups excluding tert-OH is 1. The molecule has 4 N–H and O–H groups in total. The van der Waals surface area contributed by atoms with Crippen LogP contribution < -0.4 is 10.6 Å². The molecular weight excluding hydrogens is 702 g/mol. The first-order chi connectivity index (χ1) is 26.2. The highest BCUT2D eigenvalue weighted by molar-refractivity contribution is 6.30. The highest BCUT2D eigenvalue weighted by Gasteiger charge is 2.37. The molecule has 2 aliphatic rings. The van der Waals surface area contributed by atoms with E-state index in [-0.39, 0.29) is 30.6 Å². The van der Waals surface area contributed by atoms with Crippen molar-refractivity contribution in [2.24, 2.45) is 0 Å². The molecule has 3 atom stereocenters. The van der Waals surface area contributed by atoms with Gasteiger partial charge in [0.2, 0.25) is 11.8 Å². The Balaban J connectivity index is 1.10. The summed E-state index contributed by atoms with van der Waals surface area (Å²) in [6, 6.07) is 31.8. The van der Waals surface area contributed by atoms with E-state index in [4.69, 9.17) is 21.1 Å². The van der Waals surface area contributed by atoms with Crippen LogP contribution in [0.1, 0.15) is 92.1 Å². The third-order valence-corrected chi connectivity index (χ3v) is 10.8. The Hall–Kier alpha value is -4.09. The summed E-state index contributed by atoms with van der Waals surface area (Å²) in [5.41, 5.74) is 5.95. The molecule has 3 unspecified atom stereocenters. The van der Waals surface area contributed by atoms with E-state index in [9.17, 15) is 19.8 Å². The van der Waals surface area contributed by atoms with Crippen LogP contribution in [0.3, 0.4) is 0 Å². The van der Waals surface area contributed by atoms with Gasteiger partial charge in [-0.15, -0.1) is 0 Å². The number of rotatable bonds is 15. The molecule has 2 aliphatic heterocycles. The summed E-state index contributed by atoms with van der Waals surface area (Å²) in [5, 5.41) is 27.6. The van der Waals surface area contributed by atoms with Gasteiger partial charge in [-0.2, -0.15) is 0 Å². The fraction of sp³-hybridized carbons (Fsp3) is 0.409. The van der Waals surface area contributed by atoms with E-state index in [0.717, 1.165) is 77.8 Å². The number of nitrogens with one attached hydrogen (secondary N) is 2. The van der Waals surface area contributed by atoms with Gasteiger partial charge in [0.05, 0.1) is 24.4 Å². The second-order valence-corrected chi connectivity index (χ2v) is 15.0. The molecule has 10 heteroatoms. The van der Waals surface area contributed by atoms with Gasteiger partial charge < -0.3 is 35.2 Å². The molecule has 0 radical (unpaired) electrons. The van der Waals surface area contributed by atoms with Gasteiger partial charge in [-0.25, -0.2) is 0 Å². The Kier molecular flexibility index (Phi) is 13.9. The van der Waals surface area contributed by atoms with Crippen LogP contribution in [0.4, 0.5) is 0 Å². The third kappa shape index (κ3) is 10.8. The van der Waals surface area contributed by atoms with Gasteiger partial charge in [0.1, 0.15) is 0 Å². The van der Waals surface area contributed by atoms with Gasteiger partial charge in [-0.3, -0.25) is 9.59 Å². The summed E-state index contributed by atoms with van der Waals surface area (Å²) < 4.78 is 13.3. The van der Waals surface area contributed by atoms with Gasteiger partial charge >= 0.3 is 0 Å². The molecule has 0 saturated carbocycles. The van der Waals surface area contributed by atoms with Crippen molar-refractivity contribution in [2.75, 3.05) is 26.2 Å². The van der Waals surface area contributed by atoms with Crippen molar-refractivity contribution < 1.29 is 29.3 Å². The molecule has 2 amide bonds. The number of halogens is 1. The van der Waals surface area contributed by atoms with Crippen molar-refractivity contribution in [1.82, 2.24) is 15.5 Å². The number of aliphatic hydroxyl groups is 2. The monoisotopic (exact) mass is 753 g/mol. The van der Waals surface area contributed by atoms with Crippen molar-refractivity contribution in [2.45, 2.75) is 89.1 Å². The Morgan fingerprint density at radius 2 is 1.56 bits per heavy atom. The minimum atomic E-state index is -0.876. The van der Waals surface area contributed by atoms with Crippen LogP contribution in [0.15, 0.2) is 97.1 Å². The standard InChI is InChI=1S/C44H52ClN3O6/c1-31(50)46-24-6-2-3-9-42(51)47-28-36-7-4-5-8-40(36)33-14-16-35(17-15-33)43-53-39(27-41(54-43)34-12-10-32(30-49)11-13-34)29-48-25-22-44(52,23-26-48)37-18-20-38(45)21-19-37/h4-5,7-8,10-21,39,41,43,49,52H,2-3,6,9,22-30H2,1H3,(H,46,50)(H,47,51). The van der Waals surface area contributed by atoms with Crippen molar-refractivity contribution >= 4 is 23.4 Å². The molecular formula is C44H52ClN3O6. The molecule has 286 valence electrons. The van der Waals surface area contributed by atoms with E-state index < -0.39 is 11.9 Å². The molecule has 4 aromatic rings. The number of likely N-dealkylation sites (tertiary alicyclic amines) is 1. The van der Waals surface area contributed by atoms with E-state index in [0.29, 0.717) is 43.8 Å². The number of hydrogen-bond acceptors (Lipinski definition) is 7. The summed E-state index contributed by atoms with van der Waals surface area (Å²) in [7, 11) is 0. The topological polar surface area (TPSA) is 120 Å². The largest absolute Gasteiger partial charge is 0.392 e. The molecule has 0 aliphatic carbocycles. The molecule has 4 aromatic carbocycles. The summed E-state index contributed by atoms with van der Waals surface area (Å²) in [5.74, 6) is -0.0141. The van der Waals surface area contributed by atoms with Crippen LogP contribution in [0.25, 0.3) is 11.1 Å². The van der Waals surface area contributed by atoms with Gasteiger partial charge in [0, 0.05) is 63.1 Å². The van der Waals surface area contributed by atoms with E-state index in [1.54, 1.807) is 0 Å². The summed E-state index contributed by atoms with van der Waals surface area (Å²) in [6.45, 7) is 4.78. The lowest BCUT2D eigenvalue weighted by atomic mass is 9.84. The van der Waals surface area contributed by atoms with Crippen molar-refractivity contribution in [3.63, 3.8) is 0 Å². The molecule has 6 rings (SSSR count). The van der Waals surface area contributed by atoms with Gasteiger partial charge in [0.25, 0.3) is 0 Å². The molecule has 54 heavy (non-hydrogen) atoms. The lowest BCUT2D eigenvalue weighted by molar-refractivity contribution is -0.253. The fourth-order valence-electron chi connectivity index (χ4n) is 7.39. The van der Waals surface area contributed by atoms with Crippen molar-refractivity contribution in [3.05, 3.63) is 130 Å². The predicted molar refractivity (Wildman–Crippen MR) is 210 cm³/mol. The molecule has 2 fully saturated rings. The number of nitrogens with zero attached hydrogens (tertiary/aromatic N) is 1. The number of carbonyl (C=O) groups excluding carboxylic acids is 2. The van der Waals surface area contributed by atoms with Crippen LogP contribution >= 0.6 is 11.6 Å². The average Bonchev–Trinajstić information content (AvgIpc) is 3.19. The molecule has 0 aromatic heterocycles. The van der Waals surface area contributed by atoms with Gasteiger partial charge in [-0.05, 0) is 71.2 Å². The Labute approximate surface area is 323 Å². The first-order valence-electron chi connectivity index (χ1n) is 19.1. The second kappa shape index (κ2) is 19.0. The zero-order chi connectivity index (χ0) is 37.9. The molecule has 9 nitrogen and oxygen atoms in total. The van der Waals surface area contributed by atoms with Gasteiger partial charge in [-0.1, -0.05) is 103 Å². The van der Waals surface area contributed by atoms with Gasteiger partial charge in [0.15, 0.2) is 6.29 Å². The molecule has 0 spiro atoms. The average molecular weight is 754 g/mol. The number of unbranched alkanes of at least 4 members (excludes halogenated alkanes) is 2. The van der Waals surface area contributed by atoms with Crippen LogP contribution in [0.5, 0.6) is 0 Å². The van der Waals surface area contributed by atoms with Crippen molar-refractivity contribution in [3.8, 4) is 11.1 Å². The fourth-order valence-corrected chi connectivity index (χ4v) is 7.51.